The molecule has 0 saturated heterocycles. The number of aromatic amines is 1. The number of hydrogen-bond acceptors (Lipinski definition) is 4. The molecule has 0 radical (unpaired) electrons. The highest BCUT2D eigenvalue weighted by molar-refractivity contribution is 5.45. The lowest BCUT2D eigenvalue weighted by Crippen LogP contribution is -2.10. The molecule has 0 aromatic carbocycles. The van der Waals surface area contributed by atoms with Crippen molar-refractivity contribution >= 4 is 0 Å². The molecule has 1 atom stereocenters. The van der Waals surface area contributed by atoms with Gasteiger partial charge in [0.1, 0.15) is 5.69 Å². The van der Waals surface area contributed by atoms with Crippen molar-refractivity contribution in [3.8, 4) is 11.5 Å². The monoisotopic (exact) mass is 268 g/mol. The van der Waals surface area contributed by atoms with Crippen LogP contribution in [0.1, 0.15) is 24.2 Å². The molecular weight excluding hydrogens is 252 g/mol. The summed E-state index contributed by atoms with van der Waals surface area (Å²) in [6.07, 6.45) is 8.03. The van der Waals surface area contributed by atoms with Crippen LogP contribution in [0.5, 0.6) is 0 Å². The molecule has 3 aromatic rings. The normalized spacial score (nSPS) is 12.5. The molecule has 1 N–H and O–H groups in total. The van der Waals surface area contributed by atoms with Gasteiger partial charge >= 0.3 is 0 Å². The van der Waals surface area contributed by atoms with Crippen LogP contribution in [-0.2, 0) is 6.42 Å². The van der Waals surface area contributed by atoms with Gasteiger partial charge in [-0.3, -0.25) is 4.98 Å². The Kier molecular flexibility index (Phi) is 3.28. The summed E-state index contributed by atoms with van der Waals surface area (Å²) in [5.41, 5.74) is 3.04. The summed E-state index contributed by atoms with van der Waals surface area (Å²) in [4.78, 5) is 11.6. The average Bonchev–Trinajstić information content (AvgIpc) is 3.11. The Labute approximate surface area is 116 Å². The molecule has 0 saturated carbocycles. The number of H-pyrrole nitrogens is 1. The van der Waals surface area contributed by atoms with Crippen molar-refractivity contribution in [1.82, 2.24) is 29.9 Å². The van der Waals surface area contributed by atoms with Gasteiger partial charge in [-0.1, -0.05) is 11.3 Å². The van der Waals surface area contributed by atoms with Crippen LogP contribution in [0.25, 0.3) is 11.5 Å². The van der Waals surface area contributed by atoms with E-state index in [1.54, 1.807) is 12.4 Å². The van der Waals surface area contributed by atoms with Gasteiger partial charge in [-0.15, -0.1) is 5.10 Å². The summed E-state index contributed by atoms with van der Waals surface area (Å²) in [7, 11) is 0. The third-order valence-electron chi connectivity index (χ3n) is 3.31. The second-order valence-electron chi connectivity index (χ2n) is 4.84. The topological polar surface area (TPSA) is 72.3 Å². The average molecular weight is 268 g/mol. The highest BCUT2D eigenvalue weighted by atomic mass is 15.4. The molecular formula is C14H16N6. The van der Waals surface area contributed by atoms with E-state index in [9.17, 15) is 0 Å². The molecule has 0 fully saturated rings. The number of rotatable bonds is 4. The van der Waals surface area contributed by atoms with Crippen LogP contribution in [0.2, 0.25) is 0 Å². The predicted molar refractivity (Wildman–Crippen MR) is 75.0 cm³/mol. The first-order valence-electron chi connectivity index (χ1n) is 6.56. The minimum absolute atomic E-state index is 0.194. The molecule has 0 spiro atoms. The SMILES string of the molecule is Cc1cccnc1C[C@H](C)n1cc(-c2ncc[nH]2)nn1. The minimum atomic E-state index is 0.194. The zero-order valence-corrected chi connectivity index (χ0v) is 11.5. The van der Waals surface area contributed by atoms with Crippen LogP contribution in [0.3, 0.4) is 0 Å². The van der Waals surface area contributed by atoms with Crippen LogP contribution in [0, 0.1) is 6.92 Å². The molecule has 0 amide bonds. The van der Waals surface area contributed by atoms with Crippen LogP contribution in [0.4, 0.5) is 0 Å². The second-order valence-corrected chi connectivity index (χ2v) is 4.84. The van der Waals surface area contributed by atoms with E-state index in [2.05, 4.69) is 45.2 Å². The third-order valence-corrected chi connectivity index (χ3v) is 3.31. The van der Waals surface area contributed by atoms with Gasteiger partial charge in [0.05, 0.1) is 12.2 Å². The summed E-state index contributed by atoms with van der Waals surface area (Å²) in [5, 5.41) is 8.32. The Morgan fingerprint density at radius 3 is 2.95 bits per heavy atom. The summed E-state index contributed by atoms with van der Waals surface area (Å²) in [5.74, 6) is 0.734. The van der Waals surface area contributed by atoms with Gasteiger partial charge in [0.25, 0.3) is 0 Å². The number of pyridine rings is 1. The van der Waals surface area contributed by atoms with Crippen molar-refractivity contribution < 1.29 is 0 Å². The molecule has 3 rings (SSSR count). The summed E-state index contributed by atoms with van der Waals surface area (Å²) < 4.78 is 1.85. The first-order chi connectivity index (χ1) is 9.74. The third kappa shape index (κ3) is 2.45. The fraction of sp³-hybridized carbons (Fsp3) is 0.286. The summed E-state index contributed by atoms with van der Waals surface area (Å²) in [6.45, 7) is 4.18. The van der Waals surface area contributed by atoms with Crippen LogP contribution in [-0.4, -0.2) is 29.9 Å². The molecule has 102 valence electrons. The van der Waals surface area contributed by atoms with Crippen molar-refractivity contribution in [2.24, 2.45) is 0 Å². The molecule has 3 aromatic heterocycles. The summed E-state index contributed by atoms with van der Waals surface area (Å²) in [6, 6.07) is 4.22. The lowest BCUT2D eigenvalue weighted by Gasteiger charge is -2.11. The fourth-order valence-corrected chi connectivity index (χ4v) is 2.11. The van der Waals surface area contributed by atoms with Crippen molar-refractivity contribution in [3.63, 3.8) is 0 Å². The molecule has 0 aliphatic carbocycles. The van der Waals surface area contributed by atoms with Crippen LogP contribution >= 0.6 is 0 Å². The number of nitrogens with one attached hydrogen (secondary N) is 1. The van der Waals surface area contributed by atoms with Crippen molar-refractivity contribution in [1.29, 1.82) is 0 Å². The molecule has 0 bridgehead atoms. The fourth-order valence-electron chi connectivity index (χ4n) is 2.11. The maximum atomic E-state index is 4.42. The predicted octanol–water partition coefficient (Wildman–Crippen LogP) is 2.18. The highest BCUT2D eigenvalue weighted by Gasteiger charge is 2.12. The second kappa shape index (κ2) is 5.24. The Morgan fingerprint density at radius 2 is 2.20 bits per heavy atom. The Hall–Kier alpha value is -2.50. The lowest BCUT2D eigenvalue weighted by molar-refractivity contribution is 0.469. The number of imidazole rings is 1. The standard InChI is InChI=1S/C14H16N6/c1-10-4-3-5-15-12(10)8-11(2)20-9-13(18-19-20)14-16-6-7-17-14/h3-7,9,11H,8H2,1-2H3,(H,16,17)/t11-/m0/s1. The molecule has 20 heavy (non-hydrogen) atoms. The van der Waals surface area contributed by atoms with E-state index in [4.69, 9.17) is 0 Å². The van der Waals surface area contributed by atoms with Crippen LogP contribution in [0.15, 0.2) is 36.9 Å². The van der Waals surface area contributed by atoms with Gasteiger partial charge in [-0.05, 0) is 25.5 Å². The van der Waals surface area contributed by atoms with Gasteiger partial charge in [0, 0.05) is 30.7 Å². The molecule has 0 aliphatic rings. The first kappa shape index (κ1) is 12.5. The molecule has 0 unspecified atom stereocenters. The smallest absolute Gasteiger partial charge is 0.159 e. The zero-order chi connectivity index (χ0) is 13.9. The van der Waals surface area contributed by atoms with Crippen molar-refractivity contribution in [2.45, 2.75) is 26.3 Å². The van der Waals surface area contributed by atoms with Crippen molar-refractivity contribution in [3.05, 3.63) is 48.2 Å². The number of nitrogens with zero attached hydrogens (tertiary/aromatic N) is 5. The van der Waals surface area contributed by atoms with E-state index in [-0.39, 0.29) is 6.04 Å². The number of aryl methyl sites for hydroxylation is 1. The van der Waals surface area contributed by atoms with Crippen molar-refractivity contribution in [2.75, 3.05) is 0 Å². The van der Waals surface area contributed by atoms with Gasteiger partial charge < -0.3 is 4.98 Å². The van der Waals surface area contributed by atoms with Gasteiger partial charge in [0.2, 0.25) is 0 Å². The Morgan fingerprint density at radius 1 is 1.30 bits per heavy atom. The lowest BCUT2D eigenvalue weighted by atomic mass is 10.1. The van der Waals surface area contributed by atoms with Gasteiger partial charge in [0.15, 0.2) is 5.82 Å². The minimum Gasteiger partial charge on any atom is -0.343 e. The largest absolute Gasteiger partial charge is 0.343 e. The highest BCUT2D eigenvalue weighted by Crippen LogP contribution is 2.17. The van der Waals surface area contributed by atoms with E-state index in [0.717, 1.165) is 23.6 Å². The molecule has 0 aliphatic heterocycles. The van der Waals surface area contributed by atoms with Crippen LogP contribution < -0.4 is 0 Å². The first-order valence-corrected chi connectivity index (χ1v) is 6.56. The quantitative estimate of drug-likeness (QED) is 0.787. The number of aromatic nitrogens is 6. The van der Waals surface area contributed by atoms with E-state index < -0.39 is 0 Å². The van der Waals surface area contributed by atoms with Gasteiger partial charge in [-0.2, -0.15) is 0 Å². The number of hydrogen-bond donors (Lipinski definition) is 1. The zero-order valence-electron chi connectivity index (χ0n) is 11.5. The molecule has 6 heteroatoms. The van der Waals surface area contributed by atoms with E-state index in [0.29, 0.717) is 0 Å². The Balaban J connectivity index is 1.78. The van der Waals surface area contributed by atoms with E-state index in [1.165, 1.54) is 5.56 Å². The summed E-state index contributed by atoms with van der Waals surface area (Å²) >= 11 is 0. The van der Waals surface area contributed by atoms with E-state index >= 15 is 0 Å². The Bertz CT molecular complexity index is 685. The molecule has 3 heterocycles. The maximum Gasteiger partial charge on any atom is 0.159 e. The molecule has 6 nitrogen and oxygen atoms in total. The maximum absolute atomic E-state index is 4.42. The van der Waals surface area contributed by atoms with Gasteiger partial charge in [-0.25, -0.2) is 9.67 Å². The van der Waals surface area contributed by atoms with E-state index in [1.807, 2.05) is 23.1 Å².